The molecule has 1 heterocycles. The van der Waals surface area contributed by atoms with Gasteiger partial charge in [0.05, 0.1) is 0 Å². The maximum Gasteiger partial charge on any atom is 0.0314 e. The Hall–Kier alpha value is -1.02. The SMILES string of the molecule is CCC1CCN(CC(C)(C)c2ccc(N)cc2)CC1. The summed E-state index contributed by atoms with van der Waals surface area (Å²) < 4.78 is 0. The molecular weight excluding hydrogens is 232 g/mol. The normalized spacial score (nSPS) is 18.7. The lowest BCUT2D eigenvalue weighted by Gasteiger charge is -2.37. The molecule has 0 atom stereocenters. The van der Waals surface area contributed by atoms with Crippen LogP contribution >= 0.6 is 0 Å². The third-order valence-electron chi connectivity index (χ3n) is 4.60. The van der Waals surface area contributed by atoms with Crippen molar-refractivity contribution in [3.8, 4) is 0 Å². The van der Waals surface area contributed by atoms with E-state index in [9.17, 15) is 0 Å². The summed E-state index contributed by atoms with van der Waals surface area (Å²) in [5.74, 6) is 0.955. The second-order valence-corrected chi connectivity index (χ2v) is 6.63. The van der Waals surface area contributed by atoms with Gasteiger partial charge in [0.25, 0.3) is 0 Å². The average molecular weight is 260 g/mol. The van der Waals surface area contributed by atoms with Gasteiger partial charge in [0, 0.05) is 17.6 Å². The Morgan fingerprint density at radius 3 is 2.26 bits per heavy atom. The standard InChI is InChI=1S/C17H28N2/c1-4-14-9-11-19(12-10-14)13-17(2,3)15-5-7-16(18)8-6-15/h5-8,14H,4,9-13,18H2,1-3H3. The predicted molar refractivity (Wildman–Crippen MR) is 83.3 cm³/mol. The topological polar surface area (TPSA) is 29.3 Å². The maximum atomic E-state index is 5.77. The Bertz CT molecular complexity index is 386. The highest BCUT2D eigenvalue weighted by atomic mass is 15.1. The quantitative estimate of drug-likeness (QED) is 0.837. The van der Waals surface area contributed by atoms with E-state index in [1.165, 1.54) is 37.9 Å². The lowest BCUT2D eigenvalue weighted by atomic mass is 9.83. The van der Waals surface area contributed by atoms with Crippen LogP contribution < -0.4 is 5.73 Å². The summed E-state index contributed by atoms with van der Waals surface area (Å²) in [5.41, 5.74) is 8.21. The fraction of sp³-hybridized carbons (Fsp3) is 0.647. The fourth-order valence-electron chi connectivity index (χ4n) is 3.14. The van der Waals surface area contributed by atoms with Gasteiger partial charge in [-0.2, -0.15) is 0 Å². The van der Waals surface area contributed by atoms with E-state index in [0.29, 0.717) is 0 Å². The van der Waals surface area contributed by atoms with Crippen molar-refractivity contribution in [3.05, 3.63) is 29.8 Å². The minimum absolute atomic E-state index is 0.201. The first-order chi connectivity index (χ1) is 9.01. The molecule has 0 saturated carbocycles. The van der Waals surface area contributed by atoms with E-state index in [1.807, 2.05) is 12.1 Å². The van der Waals surface area contributed by atoms with Gasteiger partial charge < -0.3 is 10.6 Å². The van der Waals surface area contributed by atoms with Gasteiger partial charge in [0.2, 0.25) is 0 Å². The number of piperidine rings is 1. The molecule has 1 aliphatic rings. The number of anilines is 1. The Morgan fingerprint density at radius 2 is 1.74 bits per heavy atom. The molecule has 1 saturated heterocycles. The molecule has 1 fully saturated rings. The number of nitrogens with two attached hydrogens (primary N) is 1. The first-order valence-electron chi connectivity index (χ1n) is 7.59. The zero-order chi connectivity index (χ0) is 13.9. The second-order valence-electron chi connectivity index (χ2n) is 6.63. The van der Waals surface area contributed by atoms with Crippen molar-refractivity contribution < 1.29 is 0 Å². The van der Waals surface area contributed by atoms with Gasteiger partial charge in [0.1, 0.15) is 0 Å². The van der Waals surface area contributed by atoms with Crippen LogP contribution in [0.1, 0.15) is 45.6 Å². The number of rotatable bonds is 4. The molecule has 1 aliphatic heterocycles. The molecule has 19 heavy (non-hydrogen) atoms. The summed E-state index contributed by atoms with van der Waals surface area (Å²) in [6.45, 7) is 10.7. The van der Waals surface area contributed by atoms with Gasteiger partial charge in [-0.1, -0.05) is 39.3 Å². The van der Waals surface area contributed by atoms with Gasteiger partial charge in [0.15, 0.2) is 0 Å². The highest BCUT2D eigenvalue weighted by molar-refractivity contribution is 5.41. The maximum absolute atomic E-state index is 5.77. The smallest absolute Gasteiger partial charge is 0.0314 e. The molecule has 1 aromatic rings. The molecule has 2 heteroatoms. The molecule has 0 radical (unpaired) electrons. The van der Waals surface area contributed by atoms with Crippen molar-refractivity contribution in [2.24, 2.45) is 5.92 Å². The van der Waals surface area contributed by atoms with Crippen molar-refractivity contribution in [2.45, 2.75) is 45.4 Å². The number of nitrogen functional groups attached to an aromatic ring is 1. The van der Waals surface area contributed by atoms with Crippen LogP contribution in [0.2, 0.25) is 0 Å². The molecule has 106 valence electrons. The summed E-state index contributed by atoms with van der Waals surface area (Å²) in [7, 11) is 0. The molecule has 0 spiro atoms. The van der Waals surface area contributed by atoms with Gasteiger partial charge >= 0.3 is 0 Å². The van der Waals surface area contributed by atoms with Gasteiger partial charge in [-0.25, -0.2) is 0 Å². The number of benzene rings is 1. The van der Waals surface area contributed by atoms with Crippen molar-refractivity contribution >= 4 is 5.69 Å². The summed E-state index contributed by atoms with van der Waals surface area (Å²) >= 11 is 0. The number of nitrogens with zero attached hydrogens (tertiary/aromatic N) is 1. The van der Waals surface area contributed by atoms with Crippen LogP contribution in [0.25, 0.3) is 0 Å². The average Bonchev–Trinajstić information content (AvgIpc) is 2.40. The highest BCUT2D eigenvalue weighted by Gasteiger charge is 2.26. The van der Waals surface area contributed by atoms with Crippen LogP contribution in [0.15, 0.2) is 24.3 Å². The van der Waals surface area contributed by atoms with E-state index < -0.39 is 0 Å². The Labute approximate surface area is 118 Å². The van der Waals surface area contributed by atoms with Crippen LogP contribution in [0.3, 0.4) is 0 Å². The molecular formula is C17H28N2. The fourth-order valence-corrected chi connectivity index (χ4v) is 3.14. The second kappa shape index (κ2) is 5.96. The van der Waals surface area contributed by atoms with Crippen molar-refractivity contribution in [3.63, 3.8) is 0 Å². The number of hydrogen-bond donors (Lipinski definition) is 1. The minimum atomic E-state index is 0.201. The minimum Gasteiger partial charge on any atom is -0.399 e. The largest absolute Gasteiger partial charge is 0.399 e. The van der Waals surface area contributed by atoms with Crippen LogP contribution in [0.4, 0.5) is 5.69 Å². The molecule has 2 N–H and O–H groups in total. The lowest BCUT2D eigenvalue weighted by Crippen LogP contribution is -2.41. The van der Waals surface area contributed by atoms with Crippen molar-refractivity contribution in [2.75, 3.05) is 25.4 Å². The molecule has 2 rings (SSSR count). The van der Waals surface area contributed by atoms with Crippen LogP contribution in [0.5, 0.6) is 0 Å². The first kappa shape index (κ1) is 14.4. The summed E-state index contributed by atoms with van der Waals surface area (Å²) in [6.07, 6.45) is 4.08. The Morgan fingerprint density at radius 1 is 1.16 bits per heavy atom. The summed E-state index contributed by atoms with van der Waals surface area (Å²) in [4.78, 5) is 2.63. The highest BCUT2D eigenvalue weighted by Crippen LogP contribution is 2.28. The van der Waals surface area contributed by atoms with E-state index in [0.717, 1.165) is 18.2 Å². The van der Waals surface area contributed by atoms with Crippen molar-refractivity contribution in [1.29, 1.82) is 0 Å². The van der Waals surface area contributed by atoms with Crippen LogP contribution in [-0.2, 0) is 5.41 Å². The number of hydrogen-bond acceptors (Lipinski definition) is 2. The van der Waals surface area contributed by atoms with E-state index >= 15 is 0 Å². The molecule has 0 aromatic heterocycles. The predicted octanol–water partition coefficient (Wildman–Crippen LogP) is 3.67. The zero-order valence-corrected chi connectivity index (χ0v) is 12.7. The molecule has 0 unspecified atom stereocenters. The van der Waals surface area contributed by atoms with E-state index in [2.05, 4.69) is 37.8 Å². The van der Waals surface area contributed by atoms with Crippen LogP contribution in [-0.4, -0.2) is 24.5 Å². The summed E-state index contributed by atoms with van der Waals surface area (Å²) in [6, 6.07) is 8.38. The molecule has 0 bridgehead atoms. The molecule has 0 aliphatic carbocycles. The third kappa shape index (κ3) is 3.73. The first-order valence-corrected chi connectivity index (χ1v) is 7.59. The summed E-state index contributed by atoms with van der Waals surface area (Å²) in [5, 5.41) is 0. The van der Waals surface area contributed by atoms with Gasteiger partial charge in [-0.05, 0) is 49.5 Å². The van der Waals surface area contributed by atoms with Crippen LogP contribution in [0, 0.1) is 5.92 Å². The molecule has 2 nitrogen and oxygen atoms in total. The van der Waals surface area contributed by atoms with Crippen molar-refractivity contribution in [1.82, 2.24) is 4.90 Å². The molecule has 1 aromatic carbocycles. The zero-order valence-electron chi connectivity index (χ0n) is 12.7. The third-order valence-corrected chi connectivity index (χ3v) is 4.60. The lowest BCUT2D eigenvalue weighted by molar-refractivity contribution is 0.154. The number of likely N-dealkylation sites (tertiary alicyclic amines) is 1. The van der Waals surface area contributed by atoms with E-state index in [1.54, 1.807) is 0 Å². The van der Waals surface area contributed by atoms with E-state index in [-0.39, 0.29) is 5.41 Å². The Balaban J connectivity index is 1.95. The van der Waals surface area contributed by atoms with E-state index in [4.69, 9.17) is 5.73 Å². The van der Waals surface area contributed by atoms with Gasteiger partial charge in [-0.3, -0.25) is 0 Å². The monoisotopic (exact) mass is 260 g/mol. The molecule has 0 amide bonds. The van der Waals surface area contributed by atoms with Gasteiger partial charge in [-0.15, -0.1) is 0 Å². The Kier molecular flexibility index (Phi) is 4.51.